The maximum Gasteiger partial charge on any atom is 0.265 e. The summed E-state index contributed by atoms with van der Waals surface area (Å²) in [6.07, 6.45) is 0. The van der Waals surface area contributed by atoms with Crippen molar-refractivity contribution in [3.63, 3.8) is 0 Å². The Labute approximate surface area is 146 Å². The molecule has 0 saturated heterocycles. The number of carbonyl (C=O) groups excluding carboxylic acids is 1. The summed E-state index contributed by atoms with van der Waals surface area (Å²) in [5, 5.41) is 2.23. The number of rotatable bonds is 4. The number of nitrogens with one attached hydrogen (secondary N) is 1. The van der Waals surface area contributed by atoms with Gasteiger partial charge in [0.15, 0.2) is 0 Å². The van der Waals surface area contributed by atoms with Gasteiger partial charge in [-0.15, -0.1) is 11.3 Å². The van der Waals surface area contributed by atoms with E-state index in [0.717, 1.165) is 29.5 Å². The molecule has 0 unspecified atom stereocenters. The summed E-state index contributed by atoms with van der Waals surface area (Å²) in [6, 6.07) is 13.1. The number of hydrogen-bond donors (Lipinski definition) is 1. The molecule has 1 amide bonds. The zero-order chi connectivity index (χ0) is 18.0. The van der Waals surface area contributed by atoms with Crippen LogP contribution in [0.3, 0.4) is 0 Å². The zero-order valence-corrected chi connectivity index (χ0v) is 14.2. The summed E-state index contributed by atoms with van der Waals surface area (Å²) in [4.78, 5) is 12.3. The van der Waals surface area contributed by atoms with Crippen molar-refractivity contribution in [1.29, 1.82) is 0 Å². The fourth-order valence-corrected chi connectivity index (χ4v) is 4.70. The highest BCUT2D eigenvalue weighted by Gasteiger charge is 2.21. The third kappa shape index (κ3) is 3.59. The standard InChI is InChI=1S/C17H11F2NO3S2/c18-11-6-7-13(19)14(10-11)20-17(21)15-8-9-16(24-15)25(22,23)12-4-2-1-3-5-12/h1-10H,(H,20,21). The smallest absolute Gasteiger partial charge is 0.265 e. The Morgan fingerprint density at radius 3 is 2.40 bits per heavy atom. The van der Waals surface area contributed by atoms with E-state index >= 15 is 0 Å². The van der Waals surface area contributed by atoms with Crippen molar-refractivity contribution in [3.05, 3.63) is 77.2 Å². The second kappa shape index (κ2) is 6.73. The van der Waals surface area contributed by atoms with Gasteiger partial charge >= 0.3 is 0 Å². The van der Waals surface area contributed by atoms with Gasteiger partial charge in [-0.2, -0.15) is 0 Å². The van der Waals surface area contributed by atoms with E-state index in [1.54, 1.807) is 18.2 Å². The molecule has 0 aliphatic rings. The molecule has 0 bridgehead atoms. The minimum Gasteiger partial charge on any atom is -0.319 e. The summed E-state index contributed by atoms with van der Waals surface area (Å²) in [6.45, 7) is 0. The van der Waals surface area contributed by atoms with Gasteiger partial charge in [-0.05, 0) is 36.4 Å². The van der Waals surface area contributed by atoms with E-state index in [0.29, 0.717) is 0 Å². The van der Waals surface area contributed by atoms with E-state index in [9.17, 15) is 22.0 Å². The highest BCUT2D eigenvalue weighted by Crippen LogP contribution is 2.28. The van der Waals surface area contributed by atoms with Gasteiger partial charge in [0.2, 0.25) is 9.84 Å². The van der Waals surface area contributed by atoms with Gasteiger partial charge in [0, 0.05) is 6.07 Å². The summed E-state index contributed by atoms with van der Waals surface area (Å²) < 4.78 is 51.7. The number of halogens is 2. The number of anilines is 1. The van der Waals surface area contributed by atoms with E-state index in [2.05, 4.69) is 5.32 Å². The number of carbonyl (C=O) groups is 1. The van der Waals surface area contributed by atoms with Crippen molar-refractivity contribution in [2.75, 3.05) is 5.32 Å². The first-order valence-corrected chi connectivity index (χ1v) is 9.34. The highest BCUT2D eigenvalue weighted by molar-refractivity contribution is 7.93. The maximum absolute atomic E-state index is 13.6. The molecule has 3 aromatic rings. The minimum atomic E-state index is -3.73. The molecule has 0 saturated carbocycles. The van der Waals surface area contributed by atoms with E-state index in [1.807, 2.05) is 0 Å². The quantitative estimate of drug-likeness (QED) is 0.742. The molecule has 8 heteroatoms. The molecule has 1 aromatic heterocycles. The Kier molecular flexibility index (Phi) is 4.65. The van der Waals surface area contributed by atoms with E-state index < -0.39 is 27.4 Å². The summed E-state index contributed by atoms with van der Waals surface area (Å²) in [5.74, 6) is -2.21. The first-order chi connectivity index (χ1) is 11.9. The van der Waals surface area contributed by atoms with E-state index in [1.165, 1.54) is 24.3 Å². The lowest BCUT2D eigenvalue weighted by Crippen LogP contribution is -2.11. The van der Waals surface area contributed by atoms with Crippen LogP contribution in [0.25, 0.3) is 0 Å². The Morgan fingerprint density at radius 1 is 0.960 bits per heavy atom. The normalized spacial score (nSPS) is 11.3. The third-order valence-corrected chi connectivity index (χ3v) is 6.65. The number of sulfone groups is 1. The predicted molar refractivity (Wildman–Crippen MR) is 90.5 cm³/mol. The minimum absolute atomic E-state index is 0.0106. The van der Waals surface area contributed by atoms with Gasteiger partial charge in [0.05, 0.1) is 15.5 Å². The lowest BCUT2D eigenvalue weighted by atomic mass is 10.3. The SMILES string of the molecule is O=C(Nc1cc(F)ccc1F)c1ccc(S(=O)(=O)c2ccccc2)s1. The summed E-state index contributed by atoms with van der Waals surface area (Å²) in [7, 11) is -3.73. The first kappa shape index (κ1) is 17.2. The molecule has 2 aromatic carbocycles. The van der Waals surface area contributed by atoms with Crippen LogP contribution in [0.5, 0.6) is 0 Å². The Morgan fingerprint density at radius 2 is 1.68 bits per heavy atom. The van der Waals surface area contributed by atoms with Crippen molar-refractivity contribution in [2.45, 2.75) is 9.10 Å². The molecular weight excluding hydrogens is 368 g/mol. The van der Waals surface area contributed by atoms with Crippen LogP contribution in [0, 0.1) is 11.6 Å². The van der Waals surface area contributed by atoms with Gasteiger partial charge in [0.25, 0.3) is 5.91 Å². The molecule has 0 aliphatic heterocycles. The molecule has 0 radical (unpaired) electrons. The van der Waals surface area contributed by atoms with Crippen LogP contribution in [-0.2, 0) is 9.84 Å². The predicted octanol–water partition coefficient (Wildman–Crippen LogP) is 4.11. The van der Waals surface area contributed by atoms with Crippen molar-refractivity contribution < 1.29 is 22.0 Å². The number of hydrogen-bond acceptors (Lipinski definition) is 4. The molecule has 128 valence electrons. The second-order valence-electron chi connectivity index (χ2n) is 5.01. The number of amides is 1. The average Bonchev–Trinajstić information content (AvgIpc) is 3.10. The molecule has 1 N–H and O–H groups in total. The number of benzene rings is 2. The first-order valence-electron chi connectivity index (χ1n) is 7.04. The van der Waals surface area contributed by atoms with Crippen LogP contribution >= 0.6 is 11.3 Å². The lowest BCUT2D eigenvalue weighted by Gasteiger charge is -2.05. The third-order valence-electron chi connectivity index (χ3n) is 3.30. The largest absolute Gasteiger partial charge is 0.319 e. The van der Waals surface area contributed by atoms with Gasteiger partial charge in [-0.1, -0.05) is 18.2 Å². The fraction of sp³-hybridized carbons (Fsp3) is 0. The zero-order valence-electron chi connectivity index (χ0n) is 12.6. The molecule has 3 rings (SSSR count). The molecule has 0 aliphatic carbocycles. The molecular formula is C17H11F2NO3S2. The molecule has 4 nitrogen and oxygen atoms in total. The van der Waals surface area contributed by atoms with Crippen molar-refractivity contribution in [1.82, 2.24) is 0 Å². The van der Waals surface area contributed by atoms with Gasteiger partial charge in [0.1, 0.15) is 15.8 Å². The summed E-state index contributed by atoms with van der Waals surface area (Å²) in [5.41, 5.74) is -0.314. The monoisotopic (exact) mass is 379 g/mol. The Hall–Kier alpha value is -2.58. The van der Waals surface area contributed by atoms with Crippen LogP contribution < -0.4 is 5.32 Å². The van der Waals surface area contributed by atoms with Gasteiger partial charge in [-0.25, -0.2) is 17.2 Å². The molecule has 0 spiro atoms. The van der Waals surface area contributed by atoms with Gasteiger partial charge in [-0.3, -0.25) is 4.79 Å². The molecule has 0 fully saturated rings. The highest BCUT2D eigenvalue weighted by atomic mass is 32.2. The van der Waals surface area contributed by atoms with Crippen LogP contribution in [0.4, 0.5) is 14.5 Å². The fourth-order valence-electron chi connectivity index (χ4n) is 2.08. The molecule has 25 heavy (non-hydrogen) atoms. The number of thiophene rings is 1. The van der Waals surface area contributed by atoms with Crippen molar-refractivity contribution >= 4 is 32.8 Å². The van der Waals surface area contributed by atoms with Gasteiger partial charge < -0.3 is 5.32 Å². The van der Waals surface area contributed by atoms with Crippen LogP contribution in [-0.4, -0.2) is 14.3 Å². The maximum atomic E-state index is 13.6. The lowest BCUT2D eigenvalue weighted by molar-refractivity contribution is 0.103. The van der Waals surface area contributed by atoms with Crippen molar-refractivity contribution in [3.8, 4) is 0 Å². The van der Waals surface area contributed by atoms with Crippen LogP contribution in [0.1, 0.15) is 9.67 Å². The Bertz CT molecular complexity index is 1030. The molecule has 0 atom stereocenters. The van der Waals surface area contributed by atoms with E-state index in [-0.39, 0.29) is 19.7 Å². The van der Waals surface area contributed by atoms with E-state index in [4.69, 9.17) is 0 Å². The second-order valence-corrected chi connectivity index (χ2v) is 8.27. The Balaban J connectivity index is 1.86. The average molecular weight is 379 g/mol. The van der Waals surface area contributed by atoms with Crippen LogP contribution in [0.2, 0.25) is 0 Å². The molecule has 1 heterocycles. The van der Waals surface area contributed by atoms with Crippen LogP contribution in [0.15, 0.2) is 69.8 Å². The topological polar surface area (TPSA) is 63.2 Å². The summed E-state index contributed by atoms with van der Waals surface area (Å²) >= 11 is 0.756. The van der Waals surface area contributed by atoms with Crippen molar-refractivity contribution in [2.24, 2.45) is 0 Å².